The normalized spacial score (nSPS) is 15.1. The SMILES string of the molecule is CCNC(=NCc1ccnc(OCC(F)(F)F)c1)NC(C)c1cccc(N2CCCC2)c1.I. The molecule has 1 aliphatic heterocycles. The molecule has 3 rings (SSSR count). The van der Waals surface area contributed by atoms with E-state index in [0.717, 1.165) is 18.7 Å². The van der Waals surface area contributed by atoms with E-state index in [1.807, 2.05) is 6.92 Å². The number of halogens is 4. The second kappa shape index (κ2) is 12.9. The van der Waals surface area contributed by atoms with E-state index in [2.05, 4.69) is 56.7 Å². The maximum atomic E-state index is 12.4. The number of alkyl halides is 3. The Labute approximate surface area is 210 Å². The molecule has 33 heavy (non-hydrogen) atoms. The van der Waals surface area contributed by atoms with Crippen LogP contribution >= 0.6 is 24.0 Å². The molecule has 1 unspecified atom stereocenters. The summed E-state index contributed by atoms with van der Waals surface area (Å²) in [6.07, 6.45) is -0.524. The maximum absolute atomic E-state index is 12.4. The van der Waals surface area contributed by atoms with Crippen LogP contribution in [0.5, 0.6) is 5.88 Å². The van der Waals surface area contributed by atoms with Gasteiger partial charge in [-0.1, -0.05) is 12.1 Å². The van der Waals surface area contributed by atoms with E-state index in [-0.39, 0.29) is 42.4 Å². The van der Waals surface area contributed by atoms with Gasteiger partial charge < -0.3 is 20.3 Å². The second-order valence-corrected chi connectivity index (χ2v) is 7.76. The van der Waals surface area contributed by atoms with Gasteiger partial charge in [-0.15, -0.1) is 24.0 Å². The van der Waals surface area contributed by atoms with Crippen molar-refractivity contribution in [1.29, 1.82) is 0 Å². The third-order valence-electron chi connectivity index (χ3n) is 5.14. The first-order valence-corrected chi connectivity index (χ1v) is 10.9. The molecular formula is C23H31F3IN5O. The fraction of sp³-hybridized carbons (Fsp3) is 0.478. The Balaban J connectivity index is 0.00000385. The van der Waals surface area contributed by atoms with Gasteiger partial charge in [0.05, 0.1) is 12.6 Å². The molecule has 0 amide bonds. The summed E-state index contributed by atoms with van der Waals surface area (Å²) in [5, 5.41) is 6.62. The zero-order valence-corrected chi connectivity index (χ0v) is 21.2. The molecule has 6 nitrogen and oxygen atoms in total. The van der Waals surface area contributed by atoms with Crippen molar-refractivity contribution in [3.63, 3.8) is 0 Å². The molecule has 0 spiro atoms. The van der Waals surface area contributed by atoms with Crippen molar-refractivity contribution in [2.75, 3.05) is 31.1 Å². The molecule has 1 aromatic heterocycles. The predicted octanol–water partition coefficient (Wildman–Crippen LogP) is 5.06. The number of nitrogens with zero attached hydrogens (tertiary/aromatic N) is 3. The number of rotatable bonds is 8. The van der Waals surface area contributed by atoms with Crippen molar-refractivity contribution >= 4 is 35.6 Å². The van der Waals surface area contributed by atoms with Crippen molar-refractivity contribution in [2.24, 2.45) is 4.99 Å². The maximum Gasteiger partial charge on any atom is 0.422 e. The highest BCUT2D eigenvalue weighted by Gasteiger charge is 2.28. The van der Waals surface area contributed by atoms with Crippen LogP contribution in [-0.2, 0) is 6.54 Å². The van der Waals surface area contributed by atoms with Gasteiger partial charge in [0.25, 0.3) is 0 Å². The standard InChI is InChI=1S/C23H30F3N5O.HI/c1-3-27-22(29-15-18-9-10-28-21(13-18)32-16-23(24,25)26)30-17(2)19-7-6-8-20(14-19)31-11-4-5-12-31;/h6-10,13-14,17H,3-5,11-12,15-16H2,1-2H3,(H2,27,29,30);1H. The van der Waals surface area contributed by atoms with Gasteiger partial charge in [-0.05, 0) is 56.0 Å². The minimum Gasteiger partial charge on any atom is -0.468 e. The number of guanidine groups is 1. The smallest absolute Gasteiger partial charge is 0.422 e. The van der Waals surface area contributed by atoms with E-state index < -0.39 is 12.8 Å². The minimum atomic E-state index is -4.40. The fourth-order valence-corrected chi connectivity index (χ4v) is 3.53. The summed E-state index contributed by atoms with van der Waals surface area (Å²) < 4.78 is 41.8. The number of anilines is 1. The lowest BCUT2D eigenvalue weighted by Crippen LogP contribution is -2.38. The molecule has 1 aromatic carbocycles. The average molecular weight is 577 g/mol. The van der Waals surface area contributed by atoms with Crippen LogP contribution in [0, 0.1) is 0 Å². The van der Waals surface area contributed by atoms with Crippen LogP contribution in [0.4, 0.5) is 18.9 Å². The monoisotopic (exact) mass is 577 g/mol. The van der Waals surface area contributed by atoms with Crippen molar-refractivity contribution in [2.45, 2.75) is 45.5 Å². The van der Waals surface area contributed by atoms with E-state index in [9.17, 15) is 13.2 Å². The van der Waals surface area contributed by atoms with Crippen molar-refractivity contribution in [1.82, 2.24) is 15.6 Å². The molecular weight excluding hydrogens is 546 g/mol. The van der Waals surface area contributed by atoms with E-state index >= 15 is 0 Å². The largest absolute Gasteiger partial charge is 0.468 e. The van der Waals surface area contributed by atoms with E-state index in [1.54, 1.807) is 6.07 Å². The van der Waals surface area contributed by atoms with E-state index in [1.165, 1.54) is 30.8 Å². The van der Waals surface area contributed by atoms with Crippen molar-refractivity contribution < 1.29 is 17.9 Å². The third-order valence-corrected chi connectivity index (χ3v) is 5.14. The number of hydrogen-bond acceptors (Lipinski definition) is 4. The van der Waals surface area contributed by atoms with Gasteiger partial charge in [0.1, 0.15) is 0 Å². The van der Waals surface area contributed by atoms with Gasteiger partial charge in [0.2, 0.25) is 5.88 Å². The first-order valence-electron chi connectivity index (χ1n) is 10.9. The van der Waals surface area contributed by atoms with Gasteiger partial charge in [-0.2, -0.15) is 13.2 Å². The lowest BCUT2D eigenvalue weighted by atomic mass is 10.1. The van der Waals surface area contributed by atoms with E-state index in [0.29, 0.717) is 18.1 Å². The molecule has 182 valence electrons. The summed E-state index contributed by atoms with van der Waals surface area (Å²) in [5.74, 6) is 0.557. The number of nitrogens with one attached hydrogen (secondary N) is 2. The van der Waals surface area contributed by atoms with Crippen LogP contribution in [-0.4, -0.2) is 43.4 Å². The Kier molecular flexibility index (Phi) is 10.5. The van der Waals surface area contributed by atoms with Gasteiger partial charge in [0, 0.05) is 37.6 Å². The number of aliphatic imine (C=N–C) groups is 1. The molecule has 0 aliphatic carbocycles. The molecule has 2 aromatic rings. The van der Waals surface area contributed by atoms with Crippen LogP contribution in [0.2, 0.25) is 0 Å². The summed E-state index contributed by atoms with van der Waals surface area (Å²) >= 11 is 0. The molecule has 1 aliphatic rings. The molecule has 0 bridgehead atoms. The average Bonchev–Trinajstić information content (AvgIpc) is 3.31. The van der Waals surface area contributed by atoms with Gasteiger partial charge in [-0.3, -0.25) is 0 Å². The highest BCUT2D eigenvalue weighted by atomic mass is 127. The first-order chi connectivity index (χ1) is 15.3. The lowest BCUT2D eigenvalue weighted by Gasteiger charge is -2.22. The van der Waals surface area contributed by atoms with Crippen LogP contribution in [0.15, 0.2) is 47.6 Å². The topological polar surface area (TPSA) is 61.8 Å². The molecule has 0 saturated carbocycles. The zero-order chi connectivity index (χ0) is 23.0. The first kappa shape index (κ1) is 27.0. The molecule has 1 atom stereocenters. The number of ether oxygens (including phenoxy) is 1. The molecule has 0 radical (unpaired) electrons. The van der Waals surface area contributed by atoms with Gasteiger partial charge >= 0.3 is 6.18 Å². The highest BCUT2D eigenvalue weighted by molar-refractivity contribution is 14.0. The molecule has 2 N–H and O–H groups in total. The molecule has 10 heteroatoms. The van der Waals surface area contributed by atoms with Crippen molar-refractivity contribution in [3.05, 3.63) is 53.7 Å². The van der Waals surface area contributed by atoms with Gasteiger partial charge in [-0.25, -0.2) is 9.98 Å². The second-order valence-electron chi connectivity index (χ2n) is 7.76. The summed E-state index contributed by atoms with van der Waals surface area (Å²) in [7, 11) is 0. The Morgan fingerprint density at radius 3 is 2.67 bits per heavy atom. The number of pyridine rings is 1. The third kappa shape index (κ3) is 8.90. The lowest BCUT2D eigenvalue weighted by molar-refractivity contribution is -0.154. The molecule has 1 fully saturated rings. The number of hydrogen-bond donors (Lipinski definition) is 2. The Bertz CT molecular complexity index is 904. The van der Waals surface area contributed by atoms with Crippen LogP contribution < -0.4 is 20.3 Å². The van der Waals surface area contributed by atoms with Crippen LogP contribution in [0.3, 0.4) is 0 Å². The number of aromatic nitrogens is 1. The Morgan fingerprint density at radius 1 is 1.21 bits per heavy atom. The van der Waals surface area contributed by atoms with Crippen LogP contribution in [0.25, 0.3) is 0 Å². The van der Waals surface area contributed by atoms with Crippen LogP contribution in [0.1, 0.15) is 43.9 Å². The summed E-state index contributed by atoms with van der Waals surface area (Å²) in [5.41, 5.74) is 3.10. The highest BCUT2D eigenvalue weighted by Crippen LogP contribution is 2.24. The Hall–Kier alpha value is -2.24. The van der Waals surface area contributed by atoms with Gasteiger partial charge in [0.15, 0.2) is 12.6 Å². The van der Waals surface area contributed by atoms with Crippen molar-refractivity contribution in [3.8, 4) is 5.88 Å². The minimum absolute atomic E-state index is 0. The summed E-state index contributed by atoms with van der Waals surface area (Å²) in [6.45, 7) is 5.83. The fourth-order valence-electron chi connectivity index (χ4n) is 3.53. The quantitative estimate of drug-likeness (QED) is 0.261. The Morgan fingerprint density at radius 2 is 1.97 bits per heavy atom. The zero-order valence-electron chi connectivity index (χ0n) is 18.9. The van der Waals surface area contributed by atoms with E-state index in [4.69, 9.17) is 4.74 Å². The molecule has 2 heterocycles. The summed E-state index contributed by atoms with van der Waals surface area (Å²) in [6, 6.07) is 11.7. The predicted molar refractivity (Wildman–Crippen MR) is 135 cm³/mol. The summed E-state index contributed by atoms with van der Waals surface area (Å²) in [4.78, 5) is 10.8. The number of benzene rings is 1. The molecule has 1 saturated heterocycles.